The Labute approximate surface area is 106 Å². The van der Waals surface area contributed by atoms with Crippen molar-refractivity contribution in [2.45, 2.75) is 13.8 Å². The topological polar surface area (TPSA) is 90.3 Å². The lowest BCUT2D eigenvalue weighted by atomic mass is 10.1. The van der Waals surface area contributed by atoms with E-state index in [2.05, 4.69) is 6.07 Å². The van der Waals surface area contributed by atoms with Crippen LogP contribution in [0.2, 0.25) is 0 Å². The maximum Gasteiger partial charge on any atom is 0.335 e. The standard InChI is InChI=1S/C13H17N3O2/c1-3-16(8-9(2)7-14)12-5-4-10(13(17)18)6-11(12)15/h4-6,9H,3,8,15H2,1-2H3,(H,17,18). The predicted molar refractivity (Wildman–Crippen MR) is 70.5 cm³/mol. The molecular formula is C13H17N3O2. The zero-order valence-electron chi connectivity index (χ0n) is 10.6. The number of carboxylic acid groups (broad SMARTS) is 1. The summed E-state index contributed by atoms with van der Waals surface area (Å²) in [6.07, 6.45) is 0. The lowest BCUT2D eigenvalue weighted by Gasteiger charge is -2.25. The zero-order valence-corrected chi connectivity index (χ0v) is 10.6. The fourth-order valence-corrected chi connectivity index (χ4v) is 1.74. The molecule has 18 heavy (non-hydrogen) atoms. The van der Waals surface area contributed by atoms with E-state index in [9.17, 15) is 4.79 Å². The Bertz CT molecular complexity index is 480. The molecular weight excluding hydrogens is 230 g/mol. The van der Waals surface area contributed by atoms with Crippen molar-refractivity contribution in [2.24, 2.45) is 5.92 Å². The highest BCUT2D eigenvalue weighted by molar-refractivity contribution is 5.90. The van der Waals surface area contributed by atoms with E-state index >= 15 is 0 Å². The molecule has 1 atom stereocenters. The van der Waals surface area contributed by atoms with Crippen molar-refractivity contribution >= 4 is 17.3 Å². The molecule has 0 saturated heterocycles. The van der Waals surface area contributed by atoms with Gasteiger partial charge in [0.15, 0.2) is 0 Å². The molecule has 0 spiro atoms. The summed E-state index contributed by atoms with van der Waals surface area (Å²) in [6.45, 7) is 5.09. The fourth-order valence-electron chi connectivity index (χ4n) is 1.74. The number of nitrogens with two attached hydrogens (primary N) is 1. The predicted octanol–water partition coefficient (Wildman–Crippen LogP) is 1.95. The highest BCUT2D eigenvalue weighted by atomic mass is 16.4. The maximum absolute atomic E-state index is 10.8. The van der Waals surface area contributed by atoms with Crippen molar-refractivity contribution in [3.05, 3.63) is 23.8 Å². The third-order valence-electron chi connectivity index (χ3n) is 2.71. The van der Waals surface area contributed by atoms with Crippen LogP contribution in [0.1, 0.15) is 24.2 Å². The number of rotatable bonds is 5. The summed E-state index contributed by atoms with van der Waals surface area (Å²) in [4.78, 5) is 12.8. The normalized spacial score (nSPS) is 11.6. The van der Waals surface area contributed by atoms with Gasteiger partial charge in [0.2, 0.25) is 0 Å². The Balaban J connectivity index is 3.00. The van der Waals surface area contributed by atoms with Crippen molar-refractivity contribution in [1.82, 2.24) is 0 Å². The lowest BCUT2D eigenvalue weighted by molar-refractivity contribution is 0.0697. The van der Waals surface area contributed by atoms with E-state index < -0.39 is 5.97 Å². The number of nitrogens with zero attached hydrogens (tertiary/aromatic N) is 2. The van der Waals surface area contributed by atoms with E-state index in [4.69, 9.17) is 16.1 Å². The molecule has 0 aromatic heterocycles. The van der Waals surface area contributed by atoms with Crippen LogP contribution in [-0.2, 0) is 0 Å². The molecule has 1 unspecified atom stereocenters. The molecule has 1 aromatic rings. The second kappa shape index (κ2) is 5.92. The molecule has 0 bridgehead atoms. The van der Waals surface area contributed by atoms with Crippen LogP contribution in [0, 0.1) is 17.2 Å². The van der Waals surface area contributed by atoms with Crippen LogP contribution >= 0.6 is 0 Å². The van der Waals surface area contributed by atoms with Gasteiger partial charge in [0.05, 0.1) is 28.9 Å². The number of hydrogen-bond acceptors (Lipinski definition) is 4. The van der Waals surface area contributed by atoms with Gasteiger partial charge in [-0.05, 0) is 32.0 Å². The Hall–Kier alpha value is -2.22. The van der Waals surface area contributed by atoms with Gasteiger partial charge in [-0.25, -0.2) is 4.79 Å². The monoisotopic (exact) mass is 247 g/mol. The van der Waals surface area contributed by atoms with Gasteiger partial charge in [-0.2, -0.15) is 5.26 Å². The second-order valence-electron chi connectivity index (χ2n) is 4.15. The van der Waals surface area contributed by atoms with Gasteiger partial charge < -0.3 is 15.7 Å². The van der Waals surface area contributed by atoms with Gasteiger partial charge in [0, 0.05) is 13.1 Å². The Kier molecular flexibility index (Phi) is 4.55. The average molecular weight is 247 g/mol. The Morgan fingerprint density at radius 3 is 2.72 bits per heavy atom. The highest BCUT2D eigenvalue weighted by Crippen LogP contribution is 2.25. The fraction of sp³-hybridized carbons (Fsp3) is 0.385. The first-order chi connectivity index (χ1) is 8.49. The molecule has 0 aliphatic rings. The van der Waals surface area contributed by atoms with Crippen LogP contribution in [-0.4, -0.2) is 24.2 Å². The zero-order chi connectivity index (χ0) is 13.7. The largest absolute Gasteiger partial charge is 0.478 e. The molecule has 5 nitrogen and oxygen atoms in total. The molecule has 96 valence electrons. The third-order valence-corrected chi connectivity index (χ3v) is 2.71. The third kappa shape index (κ3) is 3.14. The first-order valence-corrected chi connectivity index (χ1v) is 5.77. The molecule has 0 fully saturated rings. The summed E-state index contributed by atoms with van der Waals surface area (Å²) in [7, 11) is 0. The van der Waals surface area contributed by atoms with Gasteiger partial charge in [0.1, 0.15) is 0 Å². The average Bonchev–Trinajstić information content (AvgIpc) is 2.35. The first kappa shape index (κ1) is 13.8. The van der Waals surface area contributed by atoms with Crippen molar-refractivity contribution in [3.63, 3.8) is 0 Å². The van der Waals surface area contributed by atoms with Crippen molar-refractivity contribution in [3.8, 4) is 6.07 Å². The molecule has 3 N–H and O–H groups in total. The minimum absolute atomic E-state index is 0.108. The number of aromatic carboxylic acids is 1. The van der Waals surface area contributed by atoms with E-state index in [-0.39, 0.29) is 11.5 Å². The molecule has 0 aliphatic carbocycles. The van der Waals surface area contributed by atoms with Gasteiger partial charge >= 0.3 is 5.97 Å². The summed E-state index contributed by atoms with van der Waals surface area (Å²) in [5, 5.41) is 17.7. The van der Waals surface area contributed by atoms with Crippen LogP contribution in [0.5, 0.6) is 0 Å². The van der Waals surface area contributed by atoms with Crippen molar-refractivity contribution in [1.29, 1.82) is 5.26 Å². The number of carboxylic acids is 1. The van der Waals surface area contributed by atoms with Gasteiger partial charge in [-0.15, -0.1) is 0 Å². The second-order valence-corrected chi connectivity index (χ2v) is 4.15. The molecule has 0 radical (unpaired) electrons. The van der Waals surface area contributed by atoms with Crippen LogP contribution < -0.4 is 10.6 Å². The number of anilines is 2. The molecule has 0 aliphatic heterocycles. The molecule has 1 aromatic carbocycles. The quantitative estimate of drug-likeness (QED) is 0.776. The number of nitriles is 1. The molecule has 0 saturated carbocycles. The highest BCUT2D eigenvalue weighted by Gasteiger charge is 2.13. The van der Waals surface area contributed by atoms with Gasteiger partial charge in [0.25, 0.3) is 0 Å². The Morgan fingerprint density at radius 2 is 2.28 bits per heavy atom. The van der Waals surface area contributed by atoms with Crippen molar-refractivity contribution in [2.75, 3.05) is 23.7 Å². The number of hydrogen-bond donors (Lipinski definition) is 2. The van der Waals surface area contributed by atoms with Crippen LogP contribution in [0.15, 0.2) is 18.2 Å². The number of carbonyl (C=O) groups is 1. The van der Waals surface area contributed by atoms with Gasteiger partial charge in [-0.1, -0.05) is 0 Å². The number of nitrogen functional groups attached to an aromatic ring is 1. The molecule has 1 rings (SSSR count). The number of benzene rings is 1. The Morgan fingerprint density at radius 1 is 1.61 bits per heavy atom. The summed E-state index contributed by atoms with van der Waals surface area (Å²) in [6, 6.07) is 6.82. The summed E-state index contributed by atoms with van der Waals surface area (Å²) in [5.74, 6) is -1.11. The summed E-state index contributed by atoms with van der Waals surface area (Å²) < 4.78 is 0. The molecule has 0 heterocycles. The van der Waals surface area contributed by atoms with E-state index in [1.807, 2.05) is 18.7 Å². The smallest absolute Gasteiger partial charge is 0.335 e. The maximum atomic E-state index is 10.8. The van der Waals surface area contributed by atoms with Gasteiger partial charge in [-0.3, -0.25) is 0 Å². The lowest BCUT2D eigenvalue weighted by Crippen LogP contribution is -2.28. The van der Waals surface area contributed by atoms with E-state index in [1.165, 1.54) is 12.1 Å². The summed E-state index contributed by atoms with van der Waals surface area (Å²) in [5.41, 5.74) is 7.22. The van der Waals surface area contributed by atoms with E-state index in [0.29, 0.717) is 18.8 Å². The van der Waals surface area contributed by atoms with Crippen LogP contribution in [0.3, 0.4) is 0 Å². The van der Waals surface area contributed by atoms with Crippen LogP contribution in [0.4, 0.5) is 11.4 Å². The van der Waals surface area contributed by atoms with Crippen LogP contribution in [0.25, 0.3) is 0 Å². The summed E-state index contributed by atoms with van der Waals surface area (Å²) >= 11 is 0. The van der Waals surface area contributed by atoms with E-state index in [1.54, 1.807) is 6.07 Å². The minimum atomic E-state index is -0.998. The van der Waals surface area contributed by atoms with E-state index in [0.717, 1.165) is 5.69 Å². The molecule has 0 amide bonds. The molecule has 5 heteroatoms. The SMILES string of the molecule is CCN(CC(C)C#N)c1ccc(C(=O)O)cc1N. The van der Waals surface area contributed by atoms with Crippen molar-refractivity contribution < 1.29 is 9.90 Å². The first-order valence-electron chi connectivity index (χ1n) is 5.77. The minimum Gasteiger partial charge on any atom is -0.478 e.